The summed E-state index contributed by atoms with van der Waals surface area (Å²) in [5, 5.41) is 11.8. The van der Waals surface area contributed by atoms with Gasteiger partial charge in [0.25, 0.3) is 0 Å². The van der Waals surface area contributed by atoms with Gasteiger partial charge in [-0.1, -0.05) is 12.1 Å². The van der Waals surface area contributed by atoms with Crippen LogP contribution in [-0.2, 0) is 0 Å². The van der Waals surface area contributed by atoms with Crippen molar-refractivity contribution in [2.75, 3.05) is 12.4 Å². The molecule has 19 heavy (non-hydrogen) atoms. The molecule has 2 rings (SSSR count). The van der Waals surface area contributed by atoms with E-state index < -0.39 is 5.82 Å². The van der Waals surface area contributed by atoms with Crippen molar-refractivity contribution in [2.45, 2.75) is 0 Å². The minimum absolute atomic E-state index is 0.148. The molecule has 96 valence electrons. The average molecular weight is 321 g/mol. The maximum atomic E-state index is 14.1. The predicted molar refractivity (Wildman–Crippen MR) is 75.1 cm³/mol. The molecule has 0 unspecified atom stereocenters. The third kappa shape index (κ3) is 2.69. The van der Waals surface area contributed by atoms with Gasteiger partial charge in [0.15, 0.2) is 5.82 Å². The highest BCUT2D eigenvalue weighted by molar-refractivity contribution is 9.10. The minimum atomic E-state index is -0.509. The molecule has 0 aliphatic heterocycles. The summed E-state index contributed by atoms with van der Waals surface area (Å²) in [6, 6.07) is 12.2. The van der Waals surface area contributed by atoms with Crippen LogP contribution in [0.3, 0.4) is 0 Å². The molecule has 0 heterocycles. The van der Waals surface area contributed by atoms with Gasteiger partial charge in [0, 0.05) is 0 Å². The van der Waals surface area contributed by atoms with Crippen LogP contribution in [-0.4, -0.2) is 7.11 Å². The summed E-state index contributed by atoms with van der Waals surface area (Å²) in [6.07, 6.45) is 0. The van der Waals surface area contributed by atoms with Crippen LogP contribution >= 0.6 is 15.9 Å². The van der Waals surface area contributed by atoms with Gasteiger partial charge in [0.2, 0.25) is 0 Å². The van der Waals surface area contributed by atoms with Crippen molar-refractivity contribution in [3.05, 3.63) is 52.3 Å². The molecule has 0 atom stereocenters. The Bertz CT molecular complexity index is 652. The normalized spacial score (nSPS) is 9.79. The van der Waals surface area contributed by atoms with Crippen molar-refractivity contribution in [3.8, 4) is 11.8 Å². The van der Waals surface area contributed by atoms with E-state index in [1.807, 2.05) is 18.2 Å². The number of halogens is 2. The molecule has 0 saturated carbocycles. The summed E-state index contributed by atoms with van der Waals surface area (Å²) in [4.78, 5) is 0. The van der Waals surface area contributed by atoms with Crippen molar-refractivity contribution in [2.24, 2.45) is 0 Å². The summed E-state index contributed by atoms with van der Waals surface area (Å²) in [6.45, 7) is 0. The number of rotatable bonds is 3. The van der Waals surface area contributed by atoms with Crippen molar-refractivity contribution in [1.29, 1.82) is 5.26 Å². The van der Waals surface area contributed by atoms with Gasteiger partial charge in [-0.25, -0.2) is 4.39 Å². The highest BCUT2D eigenvalue weighted by Gasteiger charge is 2.12. The van der Waals surface area contributed by atoms with E-state index in [4.69, 9.17) is 10.00 Å². The SMILES string of the molecule is COc1ccccc1Nc1ccc(C#N)c(Br)c1F. The Labute approximate surface area is 118 Å². The van der Waals surface area contributed by atoms with Gasteiger partial charge in [0.1, 0.15) is 11.8 Å². The first kappa shape index (κ1) is 13.4. The molecule has 0 aromatic heterocycles. The average Bonchev–Trinajstić information content (AvgIpc) is 2.45. The maximum absolute atomic E-state index is 14.1. The summed E-state index contributed by atoms with van der Waals surface area (Å²) in [7, 11) is 1.55. The van der Waals surface area contributed by atoms with E-state index in [0.717, 1.165) is 0 Å². The number of nitriles is 1. The number of nitrogens with zero attached hydrogens (tertiary/aromatic N) is 1. The van der Waals surface area contributed by atoms with Crippen molar-refractivity contribution in [3.63, 3.8) is 0 Å². The molecule has 0 aliphatic rings. The molecule has 2 aromatic rings. The van der Waals surface area contributed by atoms with E-state index in [0.29, 0.717) is 11.4 Å². The molecule has 0 saturated heterocycles. The lowest BCUT2D eigenvalue weighted by Gasteiger charge is -2.12. The van der Waals surface area contributed by atoms with Gasteiger partial charge in [-0.3, -0.25) is 0 Å². The Kier molecular flexibility index (Phi) is 4.03. The summed E-state index contributed by atoms with van der Waals surface area (Å²) >= 11 is 3.07. The Morgan fingerprint density at radius 3 is 2.63 bits per heavy atom. The number of nitrogens with one attached hydrogen (secondary N) is 1. The third-order valence-corrected chi connectivity index (χ3v) is 3.35. The van der Waals surface area contributed by atoms with E-state index >= 15 is 0 Å². The Hall–Kier alpha value is -2.06. The van der Waals surface area contributed by atoms with Gasteiger partial charge < -0.3 is 10.1 Å². The van der Waals surface area contributed by atoms with E-state index in [1.165, 1.54) is 6.07 Å². The van der Waals surface area contributed by atoms with Gasteiger partial charge in [-0.05, 0) is 40.2 Å². The maximum Gasteiger partial charge on any atom is 0.162 e. The monoisotopic (exact) mass is 320 g/mol. The van der Waals surface area contributed by atoms with Gasteiger partial charge in [-0.2, -0.15) is 5.26 Å². The van der Waals surface area contributed by atoms with E-state index in [2.05, 4.69) is 21.2 Å². The standard InChI is InChI=1S/C14H10BrFN2O/c1-19-12-5-3-2-4-10(12)18-11-7-6-9(8-17)13(15)14(11)16/h2-7,18H,1H3. The van der Waals surface area contributed by atoms with Crippen LogP contribution in [0.4, 0.5) is 15.8 Å². The second-order valence-corrected chi connectivity index (χ2v) is 4.52. The fourth-order valence-electron chi connectivity index (χ4n) is 1.63. The molecule has 5 heteroatoms. The summed E-state index contributed by atoms with van der Waals surface area (Å²) in [5.41, 5.74) is 1.18. The fourth-order valence-corrected chi connectivity index (χ4v) is 2.06. The lowest BCUT2D eigenvalue weighted by molar-refractivity contribution is 0.417. The summed E-state index contributed by atoms with van der Waals surface area (Å²) in [5.74, 6) is 0.104. The minimum Gasteiger partial charge on any atom is -0.495 e. The molecule has 2 aromatic carbocycles. The molecule has 0 amide bonds. The molecular weight excluding hydrogens is 311 g/mol. The number of anilines is 2. The number of methoxy groups -OCH3 is 1. The quantitative estimate of drug-likeness (QED) is 0.921. The number of hydrogen-bond acceptors (Lipinski definition) is 3. The van der Waals surface area contributed by atoms with E-state index in [1.54, 1.807) is 25.3 Å². The van der Waals surface area contributed by atoms with Gasteiger partial charge in [0.05, 0.1) is 28.5 Å². The van der Waals surface area contributed by atoms with Gasteiger partial charge >= 0.3 is 0 Å². The smallest absolute Gasteiger partial charge is 0.162 e. The Morgan fingerprint density at radius 1 is 1.21 bits per heavy atom. The Morgan fingerprint density at radius 2 is 1.95 bits per heavy atom. The highest BCUT2D eigenvalue weighted by atomic mass is 79.9. The first-order valence-electron chi connectivity index (χ1n) is 5.45. The van der Waals surface area contributed by atoms with Crippen LogP contribution in [0.2, 0.25) is 0 Å². The second-order valence-electron chi connectivity index (χ2n) is 3.73. The van der Waals surface area contributed by atoms with Crippen molar-refractivity contribution < 1.29 is 9.13 Å². The largest absolute Gasteiger partial charge is 0.495 e. The third-order valence-electron chi connectivity index (χ3n) is 2.58. The zero-order chi connectivity index (χ0) is 13.8. The van der Waals surface area contributed by atoms with Crippen molar-refractivity contribution in [1.82, 2.24) is 0 Å². The van der Waals surface area contributed by atoms with Crippen LogP contribution in [0.25, 0.3) is 0 Å². The fraction of sp³-hybridized carbons (Fsp3) is 0.0714. The van der Waals surface area contributed by atoms with Crippen LogP contribution in [0.15, 0.2) is 40.9 Å². The first-order valence-corrected chi connectivity index (χ1v) is 6.24. The number of hydrogen-bond donors (Lipinski definition) is 1. The number of para-hydroxylation sites is 2. The summed E-state index contributed by atoms with van der Waals surface area (Å²) < 4.78 is 19.4. The molecule has 3 nitrogen and oxygen atoms in total. The molecule has 1 N–H and O–H groups in total. The topological polar surface area (TPSA) is 45.0 Å². The van der Waals surface area contributed by atoms with Crippen LogP contribution in [0.1, 0.15) is 5.56 Å². The first-order chi connectivity index (χ1) is 9.17. The number of benzene rings is 2. The van der Waals surface area contributed by atoms with Gasteiger partial charge in [-0.15, -0.1) is 0 Å². The molecule has 0 fully saturated rings. The molecule has 0 spiro atoms. The zero-order valence-electron chi connectivity index (χ0n) is 10.1. The second kappa shape index (κ2) is 5.72. The van der Waals surface area contributed by atoms with Crippen LogP contribution in [0, 0.1) is 17.1 Å². The molecular formula is C14H10BrFN2O. The van der Waals surface area contributed by atoms with Crippen LogP contribution in [0.5, 0.6) is 5.75 Å². The zero-order valence-corrected chi connectivity index (χ0v) is 11.7. The highest BCUT2D eigenvalue weighted by Crippen LogP contribution is 2.32. The lowest BCUT2D eigenvalue weighted by atomic mass is 10.2. The Balaban J connectivity index is 2.40. The van der Waals surface area contributed by atoms with Crippen molar-refractivity contribution >= 4 is 27.3 Å². The van der Waals surface area contributed by atoms with E-state index in [9.17, 15) is 4.39 Å². The predicted octanol–water partition coefficient (Wildman–Crippen LogP) is 4.21. The molecule has 0 radical (unpaired) electrons. The molecule has 0 bridgehead atoms. The molecule has 0 aliphatic carbocycles. The van der Waals surface area contributed by atoms with Crippen LogP contribution < -0.4 is 10.1 Å². The lowest BCUT2D eigenvalue weighted by Crippen LogP contribution is -1.98. The number of ether oxygens (including phenoxy) is 1. The van der Waals surface area contributed by atoms with E-state index in [-0.39, 0.29) is 15.7 Å².